The highest BCUT2D eigenvalue weighted by molar-refractivity contribution is 5.80. The van der Waals surface area contributed by atoms with Crippen molar-refractivity contribution in [1.82, 2.24) is 0 Å². The monoisotopic (exact) mass is 392 g/mol. The Hall–Kier alpha value is -4.27. The molecule has 0 radical (unpaired) electrons. The van der Waals surface area contributed by atoms with E-state index >= 15 is 0 Å². The van der Waals surface area contributed by atoms with E-state index in [2.05, 4.69) is 10.5 Å². The molecule has 0 unspecified atom stereocenters. The predicted molar refractivity (Wildman–Crippen MR) is 108 cm³/mol. The zero-order valence-electron chi connectivity index (χ0n) is 15.1. The summed E-state index contributed by atoms with van der Waals surface area (Å²) in [6.45, 7) is 0.219. The quantitative estimate of drug-likeness (QED) is 0.342. The summed E-state index contributed by atoms with van der Waals surface area (Å²) in [7, 11) is 0. The molecule has 0 saturated carbocycles. The number of nitro benzene ring substituents is 2. The first-order valence-corrected chi connectivity index (χ1v) is 8.51. The van der Waals surface area contributed by atoms with Crippen molar-refractivity contribution in [3.8, 4) is 5.75 Å². The molecular weight excluding hydrogens is 376 g/mol. The van der Waals surface area contributed by atoms with Gasteiger partial charge in [0.05, 0.1) is 21.7 Å². The molecule has 3 aromatic carbocycles. The smallest absolute Gasteiger partial charge is 0.269 e. The average Bonchev–Trinajstić information content (AvgIpc) is 2.74. The minimum absolute atomic E-state index is 0.0141. The van der Waals surface area contributed by atoms with E-state index in [1.54, 1.807) is 42.6 Å². The van der Waals surface area contributed by atoms with Crippen molar-refractivity contribution >= 4 is 23.3 Å². The summed E-state index contributed by atoms with van der Waals surface area (Å²) in [4.78, 5) is 20.5. The van der Waals surface area contributed by atoms with Crippen LogP contribution in [0.5, 0.6) is 5.75 Å². The predicted octanol–water partition coefficient (Wildman–Crippen LogP) is 4.53. The van der Waals surface area contributed by atoms with Crippen molar-refractivity contribution in [3.05, 3.63) is 104 Å². The van der Waals surface area contributed by atoms with Crippen LogP contribution < -0.4 is 10.2 Å². The van der Waals surface area contributed by atoms with Crippen LogP contribution in [0.25, 0.3) is 0 Å². The third-order valence-corrected chi connectivity index (χ3v) is 3.89. The molecule has 9 heteroatoms. The highest BCUT2D eigenvalue weighted by Crippen LogP contribution is 2.18. The summed E-state index contributed by atoms with van der Waals surface area (Å²) < 4.78 is 5.65. The third-order valence-electron chi connectivity index (χ3n) is 3.89. The molecule has 0 heterocycles. The normalized spacial score (nSPS) is 10.6. The number of hydrazone groups is 1. The van der Waals surface area contributed by atoms with Gasteiger partial charge in [-0.15, -0.1) is 0 Å². The maximum atomic E-state index is 10.8. The minimum Gasteiger partial charge on any atom is -0.489 e. The Kier molecular flexibility index (Phi) is 6.11. The van der Waals surface area contributed by atoms with Crippen LogP contribution in [0.2, 0.25) is 0 Å². The maximum Gasteiger partial charge on any atom is 0.269 e. The van der Waals surface area contributed by atoms with Crippen molar-refractivity contribution in [3.63, 3.8) is 0 Å². The van der Waals surface area contributed by atoms with Crippen molar-refractivity contribution in [2.45, 2.75) is 6.61 Å². The third kappa shape index (κ3) is 5.60. The second-order valence-corrected chi connectivity index (χ2v) is 5.96. The summed E-state index contributed by atoms with van der Waals surface area (Å²) in [5.74, 6) is 0.622. The zero-order chi connectivity index (χ0) is 20.6. The Labute approximate surface area is 165 Å². The van der Waals surface area contributed by atoms with Gasteiger partial charge in [-0.2, -0.15) is 5.10 Å². The molecule has 0 atom stereocenters. The van der Waals surface area contributed by atoms with Crippen molar-refractivity contribution in [2.24, 2.45) is 5.10 Å². The lowest BCUT2D eigenvalue weighted by atomic mass is 10.2. The van der Waals surface area contributed by atoms with Gasteiger partial charge in [-0.25, -0.2) is 0 Å². The van der Waals surface area contributed by atoms with Crippen LogP contribution in [0.3, 0.4) is 0 Å². The molecule has 3 rings (SSSR count). The molecule has 0 aliphatic heterocycles. The molecule has 0 bridgehead atoms. The van der Waals surface area contributed by atoms with E-state index in [0.717, 1.165) is 5.56 Å². The molecule has 0 aliphatic rings. The Morgan fingerprint density at radius 2 is 1.59 bits per heavy atom. The first kappa shape index (κ1) is 19.5. The number of anilines is 1. The van der Waals surface area contributed by atoms with Crippen molar-refractivity contribution in [2.75, 3.05) is 5.43 Å². The van der Waals surface area contributed by atoms with Gasteiger partial charge in [0.1, 0.15) is 12.4 Å². The molecule has 29 heavy (non-hydrogen) atoms. The molecule has 0 amide bonds. The lowest BCUT2D eigenvalue weighted by Crippen LogP contribution is -1.97. The van der Waals surface area contributed by atoms with Crippen LogP contribution in [0, 0.1) is 20.2 Å². The van der Waals surface area contributed by atoms with E-state index in [9.17, 15) is 20.2 Å². The number of hydrogen-bond donors (Lipinski definition) is 1. The van der Waals surface area contributed by atoms with E-state index in [1.165, 1.54) is 24.3 Å². The number of nitrogens with zero attached hydrogens (tertiary/aromatic N) is 3. The van der Waals surface area contributed by atoms with Crippen LogP contribution >= 0.6 is 0 Å². The molecular formula is C20H16N4O5. The number of non-ortho nitro benzene ring substituents is 2. The van der Waals surface area contributed by atoms with Gasteiger partial charge < -0.3 is 4.74 Å². The van der Waals surface area contributed by atoms with Gasteiger partial charge in [-0.1, -0.05) is 12.1 Å². The Balaban J connectivity index is 1.53. The van der Waals surface area contributed by atoms with Gasteiger partial charge in [0.15, 0.2) is 0 Å². The largest absolute Gasteiger partial charge is 0.489 e. The van der Waals surface area contributed by atoms with Crippen LogP contribution in [0.4, 0.5) is 17.1 Å². The molecule has 0 spiro atoms. The molecule has 1 N–H and O–H groups in total. The van der Waals surface area contributed by atoms with E-state index < -0.39 is 9.85 Å². The summed E-state index contributed by atoms with van der Waals surface area (Å²) in [5, 5.41) is 25.5. The Morgan fingerprint density at radius 3 is 2.24 bits per heavy atom. The molecule has 0 aliphatic carbocycles. The van der Waals surface area contributed by atoms with Crippen molar-refractivity contribution < 1.29 is 14.6 Å². The standard InChI is InChI=1S/C20H16N4O5/c25-23(26)18-8-6-17(7-9-18)22-21-13-15-4-10-20(11-5-15)29-14-16-2-1-3-19(12-16)24(27)28/h1-13,22H,14H2/b21-13+. The van der Waals surface area contributed by atoms with E-state index in [-0.39, 0.29) is 18.0 Å². The number of hydrogen-bond acceptors (Lipinski definition) is 7. The molecule has 9 nitrogen and oxygen atoms in total. The second-order valence-electron chi connectivity index (χ2n) is 5.96. The van der Waals surface area contributed by atoms with Crippen LogP contribution in [0.1, 0.15) is 11.1 Å². The molecule has 3 aromatic rings. The first-order valence-electron chi connectivity index (χ1n) is 8.51. The first-order chi connectivity index (χ1) is 14.0. The number of rotatable bonds is 8. The number of ether oxygens (including phenoxy) is 1. The van der Waals surface area contributed by atoms with Gasteiger partial charge in [0.25, 0.3) is 11.4 Å². The molecule has 0 saturated heterocycles. The van der Waals surface area contributed by atoms with E-state index in [0.29, 0.717) is 17.0 Å². The van der Waals surface area contributed by atoms with E-state index in [4.69, 9.17) is 4.74 Å². The number of nitro groups is 2. The highest BCUT2D eigenvalue weighted by atomic mass is 16.6. The van der Waals surface area contributed by atoms with Gasteiger partial charge in [0, 0.05) is 24.3 Å². The summed E-state index contributed by atoms with van der Waals surface area (Å²) in [5.41, 5.74) is 4.99. The fourth-order valence-corrected chi connectivity index (χ4v) is 2.42. The second kappa shape index (κ2) is 9.09. The van der Waals surface area contributed by atoms with Crippen LogP contribution in [0.15, 0.2) is 77.9 Å². The van der Waals surface area contributed by atoms with Gasteiger partial charge in [-0.05, 0) is 47.5 Å². The maximum absolute atomic E-state index is 10.8. The lowest BCUT2D eigenvalue weighted by Gasteiger charge is -2.06. The van der Waals surface area contributed by atoms with Gasteiger partial charge in [0.2, 0.25) is 0 Å². The Bertz CT molecular complexity index is 1030. The van der Waals surface area contributed by atoms with Gasteiger partial charge in [-0.3, -0.25) is 25.7 Å². The molecule has 0 aromatic heterocycles. The zero-order valence-corrected chi connectivity index (χ0v) is 15.1. The lowest BCUT2D eigenvalue weighted by molar-refractivity contribution is -0.385. The molecule has 146 valence electrons. The summed E-state index contributed by atoms with van der Waals surface area (Å²) in [6.07, 6.45) is 1.60. The van der Waals surface area contributed by atoms with Crippen LogP contribution in [-0.4, -0.2) is 16.1 Å². The molecule has 0 fully saturated rings. The van der Waals surface area contributed by atoms with Crippen LogP contribution in [-0.2, 0) is 6.61 Å². The summed E-state index contributed by atoms with van der Waals surface area (Å²) in [6, 6.07) is 19.4. The number of nitrogens with one attached hydrogen (secondary N) is 1. The van der Waals surface area contributed by atoms with Crippen molar-refractivity contribution in [1.29, 1.82) is 0 Å². The summed E-state index contributed by atoms with van der Waals surface area (Å²) >= 11 is 0. The topological polar surface area (TPSA) is 120 Å². The highest BCUT2D eigenvalue weighted by Gasteiger charge is 2.06. The van der Waals surface area contributed by atoms with Gasteiger partial charge >= 0.3 is 0 Å². The fourth-order valence-electron chi connectivity index (χ4n) is 2.42. The average molecular weight is 392 g/mol. The van der Waals surface area contributed by atoms with E-state index in [1.807, 2.05) is 12.1 Å². The minimum atomic E-state index is -0.463. The number of benzene rings is 3. The Morgan fingerprint density at radius 1 is 0.897 bits per heavy atom. The fraction of sp³-hybridized carbons (Fsp3) is 0.0500. The SMILES string of the molecule is O=[N+]([O-])c1ccc(N/N=C/c2ccc(OCc3cccc([N+](=O)[O-])c3)cc2)cc1.